The molecule has 8 nitrogen and oxygen atoms in total. The van der Waals surface area contributed by atoms with Gasteiger partial charge in [0.05, 0.1) is 50.5 Å². The summed E-state index contributed by atoms with van der Waals surface area (Å²) < 4.78 is 22.5. The first-order valence-corrected chi connectivity index (χ1v) is 11.3. The Morgan fingerprint density at radius 1 is 1.12 bits per heavy atom. The maximum atomic E-state index is 12.8. The van der Waals surface area contributed by atoms with Gasteiger partial charge in [-0.05, 0) is 29.8 Å². The number of ether oxygens (including phenoxy) is 4. The first-order valence-electron chi connectivity index (χ1n) is 10.5. The van der Waals surface area contributed by atoms with Crippen LogP contribution in [0.4, 0.5) is 10.8 Å². The minimum absolute atomic E-state index is 0.206. The number of nitrogens with zero attached hydrogens (tertiary/aromatic N) is 2. The van der Waals surface area contributed by atoms with Gasteiger partial charge >= 0.3 is 0 Å². The van der Waals surface area contributed by atoms with Crippen molar-refractivity contribution in [1.29, 1.82) is 0 Å². The molecule has 32 heavy (non-hydrogen) atoms. The lowest BCUT2D eigenvalue weighted by molar-refractivity contribution is 0.0616. The number of hydrogen-bond donors (Lipinski definition) is 1. The zero-order valence-electron chi connectivity index (χ0n) is 18.3. The van der Waals surface area contributed by atoms with Crippen LogP contribution in [0, 0.1) is 0 Å². The highest BCUT2D eigenvalue weighted by Gasteiger charge is 2.20. The van der Waals surface area contributed by atoms with E-state index in [4.69, 9.17) is 18.9 Å². The molecule has 170 valence electrons. The summed E-state index contributed by atoms with van der Waals surface area (Å²) in [6.07, 6.45) is 0. The van der Waals surface area contributed by atoms with Gasteiger partial charge in [0.25, 0.3) is 5.91 Å². The number of carbonyl (C=O) groups excluding carboxylic acids is 1. The van der Waals surface area contributed by atoms with Crippen LogP contribution in [-0.4, -0.2) is 64.6 Å². The van der Waals surface area contributed by atoms with Crippen LogP contribution in [0.1, 0.15) is 15.9 Å². The Bertz CT molecular complexity index is 1050. The van der Waals surface area contributed by atoms with Crippen molar-refractivity contribution in [2.24, 2.45) is 0 Å². The van der Waals surface area contributed by atoms with Crippen LogP contribution in [0.15, 0.2) is 36.4 Å². The third kappa shape index (κ3) is 5.18. The van der Waals surface area contributed by atoms with E-state index < -0.39 is 0 Å². The Morgan fingerprint density at radius 3 is 2.62 bits per heavy atom. The number of hydrogen-bond acceptors (Lipinski definition) is 8. The molecule has 1 saturated heterocycles. The molecule has 1 aliphatic rings. The fourth-order valence-electron chi connectivity index (χ4n) is 3.50. The normalized spacial score (nSPS) is 14.0. The molecule has 1 aromatic heterocycles. The predicted molar refractivity (Wildman–Crippen MR) is 125 cm³/mol. The molecule has 0 bridgehead atoms. The summed E-state index contributed by atoms with van der Waals surface area (Å²) in [6.45, 7) is 4.61. The van der Waals surface area contributed by atoms with E-state index in [1.165, 1.54) is 11.3 Å². The van der Waals surface area contributed by atoms with Crippen LogP contribution < -0.4 is 15.0 Å². The van der Waals surface area contributed by atoms with Crippen molar-refractivity contribution in [3.63, 3.8) is 0 Å². The Balaban J connectivity index is 1.49. The van der Waals surface area contributed by atoms with Gasteiger partial charge in [-0.3, -0.25) is 10.1 Å². The molecule has 0 aliphatic carbocycles. The van der Waals surface area contributed by atoms with Gasteiger partial charge in [-0.1, -0.05) is 23.5 Å². The lowest BCUT2D eigenvalue weighted by Crippen LogP contribution is -2.36. The number of benzene rings is 2. The van der Waals surface area contributed by atoms with Crippen LogP contribution in [0.2, 0.25) is 0 Å². The van der Waals surface area contributed by atoms with Gasteiger partial charge in [-0.25, -0.2) is 4.98 Å². The van der Waals surface area contributed by atoms with Crippen LogP contribution in [0.25, 0.3) is 10.2 Å². The number of fused-ring (bicyclic) bond motifs is 1. The van der Waals surface area contributed by atoms with E-state index in [-0.39, 0.29) is 5.91 Å². The Kier molecular flexibility index (Phi) is 7.54. The van der Waals surface area contributed by atoms with Crippen molar-refractivity contribution in [2.75, 3.05) is 64.0 Å². The molecule has 1 aliphatic heterocycles. The summed E-state index contributed by atoms with van der Waals surface area (Å²) in [5, 5.41) is 3.47. The fourth-order valence-corrected chi connectivity index (χ4v) is 4.51. The molecule has 9 heteroatoms. The number of nitrogens with one attached hydrogen (secondary N) is 1. The highest BCUT2D eigenvalue weighted by Crippen LogP contribution is 2.39. The van der Waals surface area contributed by atoms with Gasteiger partial charge in [0.1, 0.15) is 11.3 Å². The van der Waals surface area contributed by atoms with Crippen molar-refractivity contribution >= 4 is 38.3 Å². The minimum Gasteiger partial charge on any atom is -0.494 e. The van der Waals surface area contributed by atoms with E-state index in [0.717, 1.165) is 34.6 Å². The number of aromatic nitrogens is 1. The third-order valence-electron chi connectivity index (χ3n) is 5.19. The van der Waals surface area contributed by atoms with Gasteiger partial charge in [0, 0.05) is 25.8 Å². The number of rotatable bonds is 9. The summed E-state index contributed by atoms with van der Waals surface area (Å²) in [5.41, 5.74) is 3.39. The SMILES string of the molecule is COCCOCc1ccc(C(=O)Nc2nc3c(OC)ccc(N4CCOCC4)c3s2)cc1. The monoisotopic (exact) mass is 457 g/mol. The second-order valence-electron chi connectivity index (χ2n) is 7.28. The van der Waals surface area contributed by atoms with Crippen molar-refractivity contribution in [3.05, 3.63) is 47.5 Å². The van der Waals surface area contributed by atoms with Gasteiger partial charge < -0.3 is 23.8 Å². The standard InChI is InChI=1S/C23H27N3O5S/c1-28-13-14-31-15-16-3-5-17(6-4-16)22(27)25-23-24-20-19(29-2)8-7-18(21(20)32-23)26-9-11-30-12-10-26/h3-8H,9-15H2,1-2H3,(H,24,25,27). The molecule has 1 amide bonds. The van der Waals surface area contributed by atoms with Crippen molar-refractivity contribution in [2.45, 2.75) is 6.61 Å². The molecule has 2 heterocycles. The van der Waals surface area contributed by atoms with E-state index in [9.17, 15) is 4.79 Å². The smallest absolute Gasteiger partial charge is 0.257 e. The number of thiazole rings is 1. The zero-order valence-corrected chi connectivity index (χ0v) is 19.1. The minimum atomic E-state index is -0.206. The lowest BCUT2D eigenvalue weighted by Gasteiger charge is -2.29. The number of anilines is 2. The van der Waals surface area contributed by atoms with Crippen molar-refractivity contribution in [1.82, 2.24) is 4.98 Å². The highest BCUT2D eigenvalue weighted by molar-refractivity contribution is 7.23. The summed E-state index contributed by atoms with van der Waals surface area (Å²) in [5.74, 6) is 0.481. The Hall–Kier alpha value is -2.72. The number of morpholine rings is 1. The Morgan fingerprint density at radius 2 is 1.91 bits per heavy atom. The average Bonchev–Trinajstić information content (AvgIpc) is 3.25. The van der Waals surface area contributed by atoms with Gasteiger partial charge in [0.2, 0.25) is 0 Å². The quantitative estimate of drug-likeness (QED) is 0.492. The van der Waals surface area contributed by atoms with Crippen LogP contribution >= 0.6 is 11.3 Å². The average molecular weight is 458 g/mol. The number of amides is 1. The molecule has 0 radical (unpaired) electrons. The van der Waals surface area contributed by atoms with E-state index in [2.05, 4.69) is 15.2 Å². The summed E-state index contributed by atoms with van der Waals surface area (Å²) >= 11 is 1.45. The third-order valence-corrected chi connectivity index (χ3v) is 6.19. The lowest BCUT2D eigenvalue weighted by atomic mass is 10.1. The maximum Gasteiger partial charge on any atom is 0.257 e. The number of methoxy groups -OCH3 is 2. The predicted octanol–water partition coefficient (Wildman–Crippen LogP) is 3.56. The summed E-state index contributed by atoms with van der Waals surface area (Å²) in [6, 6.07) is 11.3. The van der Waals surface area contributed by atoms with E-state index in [0.29, 0.717) is 49.5 Å². The highest BCUT2D eigenvalue weighted by atomic mass is 32.1. The molecule has 0 saturated carbocycles. The van der Waals surface area contributed by atoms with Crippen LogP contribution in [-0.2, 0) is 20.8 Å². The fraction of sp³-hybridized carbons (Fsp3) is 0.391. The molecule has 1 fully saturated rings. The molecule has 2 aromatic carbocycles. The van der Waals surface area contributed by atoms with Crippen LogP contribution in [0.3, 0.4) is 0 Å². The molecular formula is C23H27N3O5S. The molecular weight excluding hydrogens is 430 g/mol. The number of carbonyl (C=O) groups is 1. The molecule has 0 spiro atoms. The van der Waals surface area contributed by atoms with Gasteiger partial charge in [0.15, 0.2) is 5.13 Å². The maximum absolute atomic E-state index is 12.8. The van der Waals surface area contributed by atoms with Crippen LogP contribution in [0.5, 0.6) is 5.75 Å². The molecule has 4 rings (SSSR count). The summed E-state index contributed by atoms with van der Waals surface area (Å²) in [4.78, 5) is 19.7. The molecule has 1 N–H and O–H groups in total. The largest absolute Gasteiger partial charge is 0.494 e. The first-order chi connectivity index (χ1) is 15.7. The van der Waals surface area contributed by atoms with E-state index in [1.807, 2.05) is 24.3 Å². The second kappa shape index (κ2) is 10.7. The van der Waals surface area contributed by atoms with E-state index >= 15 is 0 Å². The van der Waals surface area contributed by atoms with E-state index in [1.54, 1.807) is 26.4 Å². The Labute approximate surface area is 191 Å². The van der Waals surface area contributed by atoms with Gasteiger partial charge in [-0.15, -0.1) is 0 Å². The zero-order chi connectivity index (χ0) is 22.3. The van der Waals surface area contributed by atoms with Crippen molar-refractivity contribution < 1.29 is 23.7 Å². The van der Waals surface area contributed by atoms with Crippen molar-refractivity contribution in [3.8, 4) is 5.75 Å². The first kappa shape index (κ1) is 22.5. The molecule has 3 aromatic rings. The van der Waals surface area contributed by atoms with Gasteiger partial charge in [-0.2, -0.15) is 0 Å². The molecule has 0 atom stereocenters. The topological polar surface area (TPSA) is 82.2 Å². The molecule has 0 unspecified atom stereocenters. The second-order valence-corrected chi connectivity index (χ2v) is 8.28. The summed E-state index contributed by atoms with van der Waals surface area (Å²) in [7, 11) is 3.27.